The number of esters is 3. The number of hydrogen-bond acceptors (Lipinski definition) is 8. The number of carboxylic acid groups (broad SMARTS) is 1. The molecule has 2 N–H and O–H groups in total. The minimum Gasteiger partial charge on any atom is -0.478 e. The van der Waals surface area contributed by atoms with Gasteiger partial charge in [-0.1, -0.05) is 30.3 Å². The summed E-state index contributed by atoms with van der Waals surface area (Å²) in [5, 5.41) is 18.9. The molecule has 0 unspecified atom stereocenters. The van der Waals surface area contributed by atoms with Crippen LogP contribution in [0.4, 0.5) is 0 Å². The van der Waals surface area contributed by atoms with Crippen LogP contribution in [-0.2, 0) is 33.4 Å². The molecule has 1 aromatic carbocycles. The third kappa shape index (κ3) is 7.06. The number of aliphatic carboxylic acids is 1. The van der Waals surface area contributed by atoms with Crippen molar-refractivity contribution in [2.24, 2.45) is 0 Å². The van der Waals surface area contributed by atoms with Gasteiger partial charge in [-0.05, 0) is 20.8 Å². The highest BCUT2D eigenvalue weighted by Gasteiger charge is 2.39. The van der Waals surface area contributed by atoms with Gasteiger partial charge in [-0.2, -0.15) is 0 Å². The third-order valence-electron chi connectivity index (χ3n) is 3.02. The van der Waals surface area contributed by atoms with Crippen molar-refractivity contribution in [2.45, 2.75) is 51.6 Å². The Kier molecular flexibility index (Phi) is 7.47. The van der Waals surface area contributed by atoms with Crippen LogP contribution < -0.4 is 0 Å². The van der Waals surface area contributed by atoms with Crippen molar-refractivity contribution in [1.29, 1.82) is 0 Å². The molecule has 0 heterocycles. The van der Waals surface area contributed by atoms with Gasteiger partial charge in [0.25, 0.3) is 0 Å². The number of benzene rings is 1. The predicted molar refractivity (Wildman–Crippen MR) is 90.3 cm³/mol. The largest absolute Gasteiger partial charge is 0.478 e. The van der Waals surface area contributed by atoms with Gasteiger partial charge in [-0.15, -0.1) is 0 Å². The molecule has 0 saturated heterocycles. The monoisotopic (exact) mass is 382 g/mol. The van der Waals surface area contributed by atoms with Crippen LogP contribution in [0.25, 0.3) is 0 Å². The molecule has 9 nitrogen and oxygen atoms in total. The summed E-state index contributed by atoms with van der Waals surface area (Å²) in [5.74, 6) is -5.12. The molecule has 0 aliphatic rings. The summed E-state index contributed by atoms with van der Waals surface area (Å²) in [5.41, 5.74) is -0.622. The number of carboxylic acids is 1. The molecule has 0 spiro atoms. The zero-order valence-corrected chi connectivity index (χ0v) is 15.4. The van der Waals surface area contributed by atoms with Crippen molar-refractivity contribution >= 4 is 23.9 Å². The first kappa shape index (κ1) is 22.1. The van der Waals surface area contributed by atoms with Gasteiger partial charge < -0.3 is 24.4 Å². The van der Waals surface area contributed by atoms with E-state index in [1.54, 1.807) is 39.0 Å². The second-order valence-corrected chi connectivity index (χ2v) is 6.57. The lowest BCUT2D eigenvalue weighted by Gasteiger charge is -2.25. The fourth-order valence-corrected chi connectivity index (χ4v) is 1.97. The zero-order chi connectivity index (χ0) is 20.8. The fraction of sp³-hybridized carbons (Fsp3) is 0.444. The summed E-state index contributed by atoms with van der Waals surface area (Å²) >= 11 is 0. The van der Waals surface area contributed by atoms with Crippen molar-refractivity contribution in [2.75, 3.05) is 0 Å². The van der Waals surface area contributed by atoms with Crippen molar-refractivity contribution in [3.05, 3.63) is 35.9 Å². The Labute approximate surface area is 155 Å². The summed E-state index contributed by atoms with van der Waals surface area (Å²) in [6.45, 7) is 5.77. The van der Waals surface area contributed by atoms with Crippen LogP contribution in [-0.4, -0.2) is 51.9 Å². The topological polar surface area (TPSA) is 136 Å². The van der Waals surface area contributed by atoms with Crippen molar-refractivity contribution < 1.29 is 43.6 Å². The van der Waals surface area contributed by atoms with E-state index in [1.807, 2.05) is 0 Å². The first-order valence-electron chi connectivity index (χ1n) is 7.98. The third-order valence-corrected chi connectivity index (χ3v) is 3.02. The maximum Gasteiger partial charge on any atom is 0.352 e. The Morgan fingerprint density at radius 3 is 1.96 bits per heavy atom. The van der Waals surface area contributed by atoms with E-state index in [1.165, 1.54) is 12.1 Å². The molecule has 0 radical (unpaired) electrons. The Morgan fingerprint density at radius 2 is 1.52 bits per heavy atom. The first-order chi connectivity index (χ1) is 12.4. The smallest absolute Gasteiger partial charge is 0.352 e. The molecule has 0 amide bonds. The molecule has 0 aromatic heterocycles. The lowest BCUT2D eigenvalue weighted by Crippen LogP contribution is -2.44. The minimum atomic E-state index is -2.33. The van der Waals surface area contributed by atoms with Gasteiger partial charge >= 0.3 is 23.9 Å². The maximum atomic E-state index is 12.4. The van der Waals surface area contributed by atoms with Crippen LogP contribution in [0, 0.1) is 0 Å². The lowest BCUT2D eigenvalue weighted by molar-refractivity contribution is -0.189. The molecule has 0 bridgehead atoms. The lowest BCUT2D eigenvalue weighted by atomic mass is 10.1. The van der Waals surface area contributed by atoms with Crippen LogP contribution in [0.1, 0.15) is 39.4 Å². The molecule has 9 heteroatoms. The van der Waals surface area contributed by atoms with Crippen LogP contribution >= 0.6 is 0 Å². The molecule has 0 aliphatic carbocycles. The zero-order valence-electron chi connectivity index (χ0n) is 15.4. The van der Waals surface area contributed by atoms with E-state index < -0.39 is 47.8 Å². The Balaban J connectivity index is 3.06. The standard InChI is InChI=1S/C18H22O9/c1-10(19)25-14(15(21)22)12(20)16(23)26-13(11-8-6-5-7-9-11)17(24)27-18(2,3)4/h5-9,12-14,20H,1-4H3,(H,21,22)/t12-,13-,14-/m1/s1. The van der Waals surface area contributed by atoms with Crippen LogP contribution in [0.5, 0.6) is 0 Å². The van der Waals surface area contributed by atoms with Crippen molar-refractivity contribution in [1.82, 2.24) is 0 Å². The summed E-state index contributed by atoms with van der Waals surface area (Å²) in [4.78, 5) is 46.7. The fourth-order valence-electron chi connectivity index (χ4n) is 1.97. The molecule has 3 atom stereocenters. The van der Waals surface area contributed by atoms with Gasteiger partial charge in [0.05, 0.1) is 0 Å². The Morgan fingerprint density at radius 1 is 0.963 bits per heavy atom. The Bertz CT molecular complexity index is 691. The van der Waals surface area contributed by atoms with Gasteiger partial charge in [-0.25, -0.2) is 14.4 Å². The van der Waals surface area contributed by atoms with E-state index in [-0.39, 0.29) is 5.56 Å². The quantitative estimate of drug-likeness (QED) is 0.522. The molecular weight excluding hydrogens is 360 g/mol. The van der Waals surface area contributed by atoms with Gasteiger partial charge in [0.2, 0.25) is 12.2 Å². The Hall–Kier alpha value is -2.94. The summed E-state index contributed by atoms with van der Waals surface area (Å²) in [7, 11) is 0. The van der Waals surface area contributed by atoms with Gasteiger partial charge in [0.15, 0.2) is 6.10 Å². The van der Waals surface area contributed by atoms with E-state index in [2.05, 4.69) is 4.74 Å². The average molecular weight is 382 g/mol. The highest BCUT2D eigenvalue weighted by molar-refractivity contribution is 5.88. The molecular formula is C18H22O9. The first-order valence-corrected chi connectivity index (χ1v) is 7.98. The number of carbonyl (C=O) groups is 4. The molecule has 148 valence electrons. The van der Waals surface area contributed by atoms with Gasteiger partial charge in [0, 0.05) is 12.5 Å². The number of ether oxygens (including phenoxy) is 3. The molecule has 1 aromatic rings. The molecule has 0 saturated carbocycles. The second-order valence-electron chi connectivity index (χ2n) is 6.57. The number of aliphatic hydroxyl groups excluding tert-OH is 1. The van der Waals surface area contributed by atoms with E-state index in [0.717, 1.165) is 6.92 Å². The van der Waals surface area contributed by atoms with Crippen molar-refractivity contribution in [3.8, 4) is 0 Å². The number of hydrogen-bond donors (Lipinski definition) is 2. The minimum absolute atomic E-state index is 0.256. The molecule has 0 aliphatic heterocycles. The number of rotatable bonds is 7. The maximum absolute atomic E-state index is 12.4. The highest BCUT2D eigenvalue weighted by atomic mass is 16.6. The molecule has 1 rings (SSSR count). The second kappa shape index (κ2) is 9.13. The summed E-state index contributed by atoms with van der Waals surface area (Å²) in [6, 6.07) is 7.85. The average Bonchev–Trinajstić information content (AvgIpc) is 2.55. The van der Waals surface area contributed by atoms with Gasteiger partial charge in [-0.3, -0.25) is 4.79 Å². The molecule has 0 fully saturated rings. The highest BCUT2D eigenvalue weighted by Crippen LogP contribution is 2.23. The van der Waals surface area contributed by atoms with E-state index in [9.17, 15) is 24.3 Å². The number of aliphatic hydroxyl groups is 1. The summed E-state index contributed by atoms with van der Waals surface area (Å²) < 4.78 is 14.6. The van der Waals surface area contributed by atoms with Crippen molar-refractivity contribution in [3.63, 3.8) is 0 Å². The predicted octanol–water partition coefficient (Wildman–Crippen LogP) is 0.990. The number of carbonyl (C=O) groups excluding carboxylic acids is 3. The van der Waals surface area contributed by atoms with E-state index in [4.69, 9.17) is 14.6 Å². The van der Waals surface area contributed by atoms with Gasteiger partial charge in [0.1, 0.15) is 5.60 Å². The normalized spacial score (nSPS) is 14.4. The van der Waals surface area contributed by atoms with Crippen LogP contribution in [0.2, 0.25) is 0 Å². The SMILES string of the molecule is CC(=O)O[C@@H](C(=O)O)[C@@H](O)C(=O)O[C@@H](C(=O)OC(C)(C)C)c1ccccc1. The van der Waals surface area contributed by atoms with E-state index in [0.29, 0.717) is 0 Å². The van der Waals surface area contributed by atoms with E-state index >= 15 is 0 Å². The summed E-state index contributed by atoms with van der Waals surface area (Å²) in [6.07, 6.45) is -6.05. The van der Waals surface area contributed by atoms with Crippen LogP contribution in [0.3, 0.4) is 0 Å². The van der Waals surface area contributed by atoms with Crippen LogP contribution in [0.15, 0.2) is 30.3 Å². The molecule has 27 heavy (non-hydrogen) atoms.